The number of fused-ring (bicyclic) bond motifs is 1. The first kappa shape index (κ1) is 25.0. The maximum absolute atomic E-state index is 12.5. The van der Waals surface area contributed by atoms with Crippen molar-refractivity contribution in [3.63, 3.8) is 0 Å². The number of carbonyl (C=O) groups excluding carboxylic acids is 1. The fourth-order valence-corrected chi connectivity index (χ4v) is 5.08. The monoisotopic (exact) mass is 516 g/mol. The Hall–Kier alpha value is -3.66. The summed E-state index contributed by atoms with van der Waals surface area (Å²) in [4.78, 5) is 22.0. The molecule has 1 fully saturated rings. The molecule has 37 heavy (non-hydrogen) atoms. The zero-order chi connectivity index (χ0) is 25.6. The lowest BCUT2D eigenvalue weighted by molar-refractivity contribution is 0.102. The first-order valence-electron chi connectivity index (χ1n) is 12.5. The highest BCUT2D eigenvalue weighted by atomic mass is 32.1. The molecule has 3 aromatic carbocycles. The standard InChI is InChI=1S/C28H32N6O2S/c1-33-12-14-34(15-13-33)16-17-36-22-10-11-25-26(18-22)37-28(32-25)30-19-20-6-8-21(9-7-20)27(35)31-24-5-3-2-4-23(24)29/h2-11,18H,12-17,19,29H2,1H3,(H,30,32)(H,31,35). The van der Waals surface area contributed by atoms with Gasteiger partial charge in [-0.25, -0.2) is 4.98 Å². The van der Waals surface area contributed by atoms with Crippen molar-refractivity contribution in [3.8, 4) is 5.75 Å². The summed E-state index contributed by atoms with van der Waals surface area (Å²) in [7, 11) is 2.17. The van der Waals surface area contributed by atoms with Gasteiger partial charge in [-0.2, -0.15) is 0 Å². The summed E-state index contributed by atoms with van der Waals surface area (Å²) in [6.07, 6.45) is 0. The summed E-state index contributed by atoms with van der Waals surface area (Å²) in [6.45, 7) is 6.68. The van der Waals surface area contributed by atoms with E-state index in [-0.39, 0.29) is 5.91 Å². The van der Waals surface area contributed by atoms with Crippen molar-refractivity contribution in [1.82, 2.24) is 14.8 Å². The van der Waals surface area contributed by atoms with Crippen LogP contribution in [-0.4, -0.2) is 67.1 Å². The summed E-state index contributed by atoms with van der Waals surface area (Å²) in [6, 6.07) is 20.8. The van der Waals surface area contributed by atoms with Gasteiger partial charge >= 0.3 is 0 Å². The average molecular weight is 517 g/mol. The molecule has 1 amide bonds. The molecule has 0 spiro atoms. The van der Waals surface area contributed by atoms with E-state index in [9.17, 15) is 4.79 Å². The molecule has 1 aliphatic rings. The number of rotatable bonds is 9. The molecule has 0 unspecified atom stereocenters. The molecule has 0 radical (unpaired) electrons. The lowest BCUT2D eigenvalue weighted by Crippen LogP contribution is -2.45. The number of hydrogen-bond donors (Lipinski definition) is 3. The molecule has 4 aromatic rings. The van der Waals surface area contributed by atoms with Crippen LogP contribution in [0.4, 0.5) is 16.5 Å². The van der Waals surface area contributed by atoms with Crippen molar-refractivity contribution in [3.05, 3.63) is 77.9 Å². The van der Waals surface area contributed by atoms with Gasteiger partial charge in [0.25, 0.3) is 5.91 Å². The third-order valence-corrected chi connectivity index (χ3v) is 7.48. The van der Waals surface area contributed by atoms with E-state index in [0.717, 1.165) is 59.4 Å². The number of para-hydroxylation sites is 2. The third-order valence-electron chi connectivity index (χ3n) is 6.50. The number of piperazine rings is 1. The smallest absolute Gasteiger partial charge is 0.255 e. The Morgan fingerprint density at radius 2 is 1.84 bits per heavy atom. The number of likely N-dealkylation sites (N-methyl/N-ethyl adjacent to an activating group) is 1. The maximum Gasteiger partial charge on any atom is 0.255 e. The first-order chi connectivity index (χ1) is 18.0. The minimum Gasteiger partial charge on any atom is -0.492 e. The number of nitrogens with two attached hydrogens (primary N) is 1. The Bertz CT molecular complexity index is 1350. The molecule has 0 aliphatic carbocycles. The van der Waals surface area contributed by atoms with E-state index in [4.69, 9.17) is 15.5 Å². The normalized spacial score (nSPS) is 14.5. The third kappa shape index (κ3) is 6.56. The molecule has 1 saturated heterocycles. The van der Waals surface area contributed by atoms with Gasteiger partial charge in [0.15, 0.2) is 5.13 Å². The molecule has 5 rings (SSSR count). The molecule has 9 heteroatoms. The van der Waals surface area contributed by atoms with Crippen LogP contribution in [0.2, 0.25) is 0 Å². The van der Waals surface area contributed by atoms with E-state index in [2.05, 4.69) is 33.5 Å². The number of nitrogens with zero attached hydrogens (tertiary/aromatic N) is 3. The minimum atomic E-state index is -0.190. The van der Waals surface area contributed by atoms with Gasteiger partial charge in [0.2, 0.25) is 0 Å². The molecule has 192 valence electrons. The number of thiazole rings is 1. The zero-order valence-electron chi connectivity index (χ0n) is 20.9. The van der Waals surface area contributed by atoms with Crippen LogP contribution in [0.3, 0.4) is 0 Å². The highest BCUT2D eigenvalue weighted by Gasteiger charge is 2.13. The molecular formula is C28H32N6O2S. The second kappa shape index (κ2) is 11.6. The van der Waals surface area contributed by atoms with E-state index in [1.807, 2.05) is 48.5 Å². The molecule has 0 atom stereocenters. The van der Waals surface area contributed by atoms with E-state index in [1.54, 1.807) is 23.5 Å². The number of anilines is 3. The lowest BCUT2D eigenvalue weighted by atomic mass is 10.1. The van der Waals surface area contributed by atoms with Crippen molar-refractivity contribution < 1.29 is 9.53 Å². The Balaban J connectivity index is 1.12. The zero-order valence-corrected chi connectivity index (χ0v) is 21.8. The quantitative estimate of drug-likeness (QED) is 0.284. The van der Waals surface area contributed by atoms with Gasteiger partial charge < -0.3 is 26.0 Å². The van der Waals surface area contributed by atoms with Crippen LogP contribution in [0.15, 0.2) is 66.7 Å². The van der Waals surface area contributed by atoms with Crippen LogP contribution in [-0.2, 0) is 6.54 Å². The van der Waals surface area contributed by atoms with Crippen molar-refractivity contribution in [2.24, 2.45) is 0 Å². The molecule has 2 heterocycles. The molecule has 8 nitrogen and oxygen atoms in total. The Morgan fingerprint density at radius 1 is 1.05 bits per heavy atom. The van der Waals surface area contributed by atoms with Crippen molar-refractivity contribution in [1.29, 1.82) is 0 Å². The number of nitrogen functional groups attached to an aromatic ring is 1. The van der Waals surface area contributed by atoms with Crippen molar-refractivity contribution >= 4 is 44.0 Å². The highest BCUT2D eigenvalue weighted by Crippen LogP contribution is 2.29. The highest BCUT2D eigenvalue weighted by molar-refractivity contribution is 7.22. The van der Waals surface area contributed by atoms with Gasteiger partial charge in [-0.15, -0.1) is 0 Å². The Morgan fingerprint density at radius 3 is 2.62 bits per heavy atom. The molecule has 1 aliphatic heterocycles. The van der Waals surface area contributed by atoms with Gasteiger partial charge in [0, 0.05) is 44.8 Å². The van der Waals surface area contributed by atoms with Crippen LogP contribution in [0.1, 0.15) is 15.9 Å². The summed E-state index contributed by atoms with van der Waals surface area (Å²) in [5.41, 5.74) is 9.65. The van der Waals surface area contributed by atoms with Crippen LogP contribution < -0.4 is 21.1 Å². The predicted molar refractivity (Wildman–Crippen MR) is 152 cm³/mol. The number of aromatic nitrogens is 1. The topological polar surface area (TPSA) is 95.8 Å². The molecule has 4 N–H and O–H groups in total. The summed E-state index contributed by atoms with van der Waals surface area (Å²) >= 11 is 1.61. The van der Waals surface area contributed by atoms with Gasteiger partial charge in [-0.05, 0) is 55.1 Å². The average Bonchev–Trinajstić information content (AvgIpc) is 3.32. The van der Waals surface area contributed by atoms with E-state index >= 15 is 0 Å². The van der Waals surface area contributed by atoms with Crippen LogP contribution in [0.5, 0.6) is 5.75 Å². The number of ether oxygens (including phenoxy) is 1. The molecule has 0 bridgehead atoms. The van der Waals surface area contributed by atoms with Gasteiger partial charge in [-0.3, -0.25) is 9.69 Å². The van der Waals surface area contributed by atoms with E-state index < -0.39 is 0 Å². The molecule has 0 saturated carbocycles. The first-order valence-corrected chi connectivity index (χ1v) is 13.3. The summed E-state index contributed by atoms with van der Waals surface area (Å²) < 4.78 is 7.11. The van der Waals surface area contributed by atoms with Crippen molar-refractivity contribution in [2.75, 3.05) is 62.7 Å². The number of hydrogen-bond acceptors (Lipinski definition) is 8. The second-order valence-electron chi connectivity index (χ2n) is 9.23. The number of nitrogens with one attached hydrogen (secondary N) is 2. The number of carbonyl (C=O) groups is 1. The van der Waals surface area contributed by atoms with E-state index in [1.165, 1.54) is 0 Å². The van der Waals surface area contributed by atoms with Gasteiger partial charge in [0.1, 0.15) is 12.4 Å². The van der Waals surface area contributed by atoms with E-state index in [0.29, 0.717) is 30.1 Å². The Kier molecular flexibility index (Phi) is 7.84. The molecular weight excluding hydrogens is 484 g/mol. The molecule has 1 aromatic heterocycles. The number of benzene rings is 3. The van der Waals surface area contributed by atoms with Crippen LogP contribution in [0, 0.1) is 0 Å². The van der Waals surface area contributed by atoms with Crippen LogP contribution >= 0.6 is 11.3 Å². The summed E-state index contributed by atoms with van der Waals surface area (Å²) in [5, 5.41) is 7.10. The maximum atomic E-state index is 12.5. The fraction of sp³-hybridized carbons (Fsp3) is 0.286. The summed E-state index contributed by atoms with van der Waals surface area (Å²) in [5.74, 6) is 0.688. The van der Waals surface area contributed by atoms with Gasteiger partial charge in [0.05, 0.1) is 21.6 Å². The van der Waals surface area contributed by atoms with Crippen LogP contribution in [0.25, 0.3) is 10.2 Å². The van der Waals surface area contributed by atoms with Gasteiger partial charge in [-0.1, -0.05) is 35.6 Å². The second-order valence-corrected chi connectivity index (χ2v) is 10.3. The fourth-order valence-electron chi connectivity index (χ4n) is 4.19. The minimum absolute atomic E-state index is 0.190. The largest absolute Gasteiger partial charge is 0.492 e. The number of amides is 1. The lowest BCUT2D eigenvalue weighted by Gasteiger charge is -2.32. The predicted octanol–water partition coefficient (Wildman–Crippen LogP) is 4.37. The van der Waals surface area contributed by atoms with Crippen molar-refractivity contribution in [2.45, 2.75) is 6.54 Å². The Labute approximate surface area is 221 Å². The SMILES string of the molecule is CN1CCN(CCOc2ccc3nc(NCc4ccc(C(=O)Nc5ccccc5N)cc4)sc3c2)CC1.